The van der Waals surface area contributed by atoms with E-state index in [0.29, 0.717) is 0 Å². The van der Waals surface area contributed by atoms with Crippen LogP contribution in [-0.2, 0) is 6.54 Å². The van der Waals surface area contributed by atoms with Crippen molar-refractivity contribution in [2.45, 2.75) is 32.4 Å². The van der Waals surface area contributed by atoms with Gasteiger partial charge in [0.25, 0.3) is 0 Å². The van der Waals surface area contributed by atoms with E-state index in [0.717, 1.165) is 12.6 Å². The molecule has 1 aromatic heterocycles. The molecule has 3 nitrogen and oxygen atoms in total. The van der Waals surface area contributed by atoms with Crippen LogP contribution in [0.1, 0.15) is 25.3 Å². The van der Waals surface area contributed by atoms with E-state index in [2.05, 4.69) is 23.3 Å². The van der Waals surface area contributed by atoms with Crippen molar-refractivity contribution < 1.29 is 10.2 Å². The lowest BCUT2D eigenvalue weighted by Gasteiger charge is -2.18. The van der Waals surface area contributed by atoms with Crippen molar-refractivity contribution in [3.8, 4) is 0 Å². The van der Waals surface area contributed by atoms with Crippen molar-refractivity contribution in [2.75, 3.05) is 19.6 Å². The lowest BCUT2D eigenvalue weighted by atomic mass is 10.2. The maximum Gasteiger partial charge on any atom is 0.137 e. The summed E-state index contributed by atoms with van der Waals surface area (Å²) >= 11 is 0. The van der Waals surface area contributed by atoms with Gasteiger partial charge in [-0.1, -0.05) is 6.07 Å². The molecule has 3 heteroatoms. The van der Waals surface area contributed by atoms with Crippen LogP contribution in [0.25, 0.3) is 0 Å². The van der Waals surface area contributed by atoms with E-state index < -0.39 is 0 Å². The lowest BCUT2D eigenvalue weighted by Crippen LogP contribution is -3.16. The third kappa shape index (κ3) is 3.03. The molecule has 1 saturated heterocycles. The summed E-state index contributed by atoms with van der Waals surface area (Å²) in [6, 6.07) is 5.05. The maximum absolute atomic E-state index is 4.14. The van der Waals surface area contributed by atoms with Crippen molar-refractivity contribution >= 4 is 0 Å². The molecule has 2 rings (SSSR count). The monoisotopic (exact) mass is 221 g/mol. The second-order valence-corrected chi connectivity index (χ2v) is 4.69. The van der Waals surface area contributed by atoms with Crippen LogP contribution in [0, 0.1) is 0 Å². The van der Waals surface area contributed by atoms with Crippen molar-refractivity contribution in [1.29, 1.82) is 0 Å². The minimum atomic E-state index is 0.877. The molecule has 0 aliphatic carbocycles. The average molecular weight is 221 g/mol. The molecule has 88 valence electrons. The highest BCUT2D eigenvalue weighted by Gasteiger charge is 2.27. The van der Waals surface area contributed by atoms with E-state index in [1.807, 2.05) is 18.5 Å². The number of aromatic nitrogens is 1. The average Bonchev–Trinajstić information content (AvgIpc) is 2.78. The molecule has 2 atom stereocenters. The van der Waals surface area contributed by atoms with Gasteiger partial charge in [0.1, 0.15) is 19.1 Å². The summed E-state index contributed by atoms with van der Waals surface area (Å²) in [5.74, 6) is 0. The third-order valence-corrected chi connectivity index (χ3v) is 3.64. The smallest absolute Gasteiger partial charge is 0.137 e. The predicted molar refractivity (Wildman–Crippen MR) is 64.1 cm³/mol. The van der Waals surface area contributed by atoms with Crippen molar-refractivity contribution in [1.82, 2.24) is 4.98 Å². The number of likely N-dealkylation sites (tertiary alicyclic amines) is 1. The van der Waals surface area contributed by atoms with Crippen molar-refractivity contribution in [3.63, 3.8) is 0 Å². The van der Waals surface area contributed by atoms with Gasteiger partial charge in [-0.2, -0.15) is 0 Å². The Kier molecular flexibility index (Phi) is 4.31. The Bertz CT molecular complexity index is 299. The van der Waals surface area contributed by atoms with Crippen LogP contribution < -0.4 is 10.2 Å². The zero-order valence-corrected chi connectivity index (χ0v) is 10.2. The fourth-order valence-corrected chi connectivity index (χ4v) is 2.70. The summed E-state index contributed by atoms with van der Waals surface area (Å²) in [7, 11) is 0. The molecule has 16 heavy (non-hydrogen) atoms. The van der Waals surface area contributed by atoms with E-state index in [4.69, 9.17) is 0 Å². The first-order valence-electron chi connectivity index (χ1n) is 6.45. The Balaban J connectivity index is 1.72. The maximum atomic E-state index is 4.14. The highest BCUT2D eigenvalue weighted by atomic mass is 15.2. The molecule has 0 aromatic carbocycles. The lowest BCUT2D eigenvalue weighted by molar-refractivity contribution is -0.925. The summed E-state index contributed by atoms with van der Waals surface area (Å²) in [6.45, 7) is 7.29. The molecule has 1 aliphatic heterocycles. The molecule has 1 fully saturated rings. The van der Waals surface area contributed by atoms with Crippen LogP contribution in [0.3, 0.4) is 0 Å². The van der Waals surface area contributed by atoms with Gasteiger partial charge in [0.15, 0.2) is 0 Å². The SMILES string of the molecule is CC[NH+]1CCC[C@H]1C[NH2+]Cc1cccnc1. The molecule has 0 amide bonds. The number of quaternary nitrogens is 2. The Hall–Kier alpha value is -0.930. The molecule has 1 aliphatic rings. The van der Waals surface area contributed by atoms with Crippen LogP contribution >= 0.6 is 0 Å². The number of nitrogens with zero attached hydrogens (tertiary/aromatic N) is 1. The first-order valence-corrected chi connectivity index (χ1v) is 6.45. The highest BCUT2D eigenvalue weighted by molar-refractivity contribution is 5.06. The molecule has 0 saturated carbocycles. The summed E-state index contributed by atoms with van der Waals surface area (Å²) in [6.07, 6.45) is 6.63. The molecule has 3 N–H and O–H groups in total. The normalized spacial score (nSPS) is 24.8. The van der Waals surface area contributed by atoms with Crippen LogP contribution in [0.15, 0.2) is 24.5 Å². The second-order valence-electron chi connectivity index (χ2n) is 4.69. The summed E-state index contributed by atoms with van der Waals surface area (Å²) < 4.78 is 0. The highest BCUT2D eigenvalue weighted by Crippen LogP contribution is 1.97. The minimum Gasteiger partial charge on any atom is -0.338 e. The van der Waals surface area contributed by atoms with Gasteiger partial charge in [0, 0.05) is 30.8 Å². The Morgan fingerprint density at radius 3 is 3.25 bits per heavy atom. The van der Waals surface area contributed by atoms with Gasteiger partial charge in [0.2, 0.25) is 0 Å². The number of nitrogens with one attached hydrogen (secondary N) is 1. The quantitative estimate of drug-likeness (QED) is 0.671. The number of likely N-dealkylation sites (N-methyl/N-ethyl adjacent to an activating group) is 1. The standard InChI is InChI=1S/C13H21N3/c1-2-16-8-4-6-13(16)11-15-10-12-5-3-7-14-9-12/h3,5,7,9,13,15H,2,4,6,8,10-11H2,1H3/p+2/t13-/m0/s1. The fraction of sp³-hybridized carbons (Fsp3) is 0.615. The zero-order valence-electron chi connectivity index (χ0n) is 10.2. The minimum absolute atomic E-state index is 0.877. The molecular formula is C13H23N3+2. The van der Waals surface area contributed by atoms with Crippen LogP contribution in [0.2, 0.25) is 0 Å². The van der Waals surface area contributed by atoms with Crippen LogP contribution in [0.5, 0.6) is 0 Å². The largest absolute Gasteiger partial charge is 0.338 e. The zero-order chi connectivity index (χ0) is 11.2. The third-order valence-electron chi connectivity index (χ3n) is 3.64. The molecule has 1 aromatic rings. The van der Waals surface area contributed by atoms with Gasteiger partial charge in [0.05, 0.1) is 13.1 Å². The molecule has 0 spiro atoms. The van der Waals surface area contributed by atoms with E-state index in [1.54, 1.807) is 4.90 Å². The summed E-state index contributed by atoms with van der Waals surface area (Å²) in [4.78, 5) is 5.93. The van der Waals surface area contributed by atoms with Crippen molar-refractivity contribution in [3.05, 3.63) is 30.1 Å². The van der Waals surface area contributed by atoms with Gasteiger partial charge in [-0.05, 0) is 13.0 Å². The fourth-order valence-electron chi connectivity index (χ4n) is 2.70. The Morgan fingerprint density at radius 1 is 1.56 bits per heavy atom. The number of pyridine rings is 1. The summed E-state index contributed by atoms with van der Waals surface area (Å²) in [5.41, 5.74) is 1.33. The van der Waals surface area contributed by atoms with Gasteiger partial charge in [-0.15, -0.1) is 0 Å². The Morgan fingerprint density at radius 2 is 2.50 bits per heavy atom. The van der Waals surface area contributed by atoms with E-state index in [9.17, 15) is 0 Å². The molecule has 0 radical (unpaired) electrons. The molecule has 0 bridgehead atoms. The second kappa shape index (κ2) is 5.97. The first kappa shape index (κ1) is 11.6. The van der Waals surface area contributed by atoms with E-state index in [1.165, 1.54) is 38.0 Å². The van der Waals surface area contributed by atoms with Gasteiger partial charge in [-0.25, -0.2) is 0 Å². The van der Waals surface area contributed by atoms with Gasteiger partial charge >= 0.3 is 0 Å². The number of nitrogens with two attached hydrogens (primary N) is 1. The van der Waals surface area contributed by atoms with Gasteiger partial charge in [-0.3, -0.25) is 4.98 Å². The molecule has 2 heterocycles. The van der Waals surface area contributed by atoms with Gasteiger partial charge < -0.3 is 10.2 Å². The molecular weight excluding hydrogens is 198 g/mol. The Labute approximate surface area is 97.9 Å². The van der Waals surface area contributed by atoms with E-state index >= 15 is 0 Å². The van der Waals surface area contributed by atoms with Crippen molar-refractivity contribution in [2.24, 2.45) is 0 Å². The summed E-state index contributed by atoms with van der Waals surface area (Å²) in [5, 5.41) is 2.43. The number of hydrogen-bond acceptors (Lipinski definition) is 1. The van der Waals surface area contributed by atoms with Crippen LogP contribution in [0.4, 0.5) is 0 Å². The first-order chi connectivity index (χ1) is 7.90. The molecule has 1 unspecified atom stereocenters. The predicted octanol–water partition coefficient (Wildman–Crippen LogP) is -0.788. The topological polar surface area (TPSA) is 33.9 Å². The number of rotatable bonds is 5. The van der Waals surface area contributed by atoms with E-state index in [-0.39, 0.29) is 0 Å². The number of hydrogen-bond donors (Lipinski definition) is 2. The van der Waals surface area contributed by atoms with Crippen LogP contribution in [-0.4, -0.2) is 30.7 Å².